The molecule has 2 rings (SSSR count). The Labute approximate surface area is 114 Å². The Morgan fingerprint density at radius 1 is 1.53 bits per heavy atom. The number of hydrogen-bond acceptors (Lipinski definition) is 4. The molecule has 0 aliphatic heterocycles. The number of ether oxygens (including phenoxy) is 1. The topological polar surface area (TPSA) is 60.2 Å². The second-order valence-electron chi connectivity index (χ2n) is 3.89. The van der Waals surface area contributed by atoms with E-state index in [9.17, 15) is 9.50 Å². The van der Waals surface area contributed by atoms with Crippen LogP contribution in [0.1, 0.15) is 17.4 Å². The number of halogens is 2. The molecular formula is C12H13ClFN3O2. The number of hydrogen-bond donors (Lipinski definition) is 1. The molecule has 0 aliphatic rings. The van der Waals surface area contributed by atoms with Gasteiger partial charge in [-0.2, -0.15) is 5.10 Å². The smallest absolute Gasteiger partial charge is 0.147 e. The second kappa shape index (κ2) is 6.10. The van der Waals surface area contributed by atoms with E-state index in [1.165, 1.54) is 23.1 Å². The van der Waals surface area contributed by atoms with Crippen molar-refractivity contribution < 1.29 is 14.2 Å². The van der Waals surface area contributed by atoms with Crippen LogP contribution in [0.15, 0.2) is 24.7 Å². The van der Waals surface area contributed by atoms with Gasteiger partial charge >= 0.3 is 0 Å². The van der Waals surface area contributed by atoms with Crippen LogP contribution in [0.25, 0.3) is 0 Å². The number of aliphatic hydroxyl groups excluding tert-OH is 1. The number of aliphatic hydroxyl groups is 1. The first-order valence-electron chi connectivity index (χ1n) is 5.62. The zero-order chi connectivity index (χ0) is 13.8. The molecular weight excluding hydrogens is 273 g/mol. The van der Waals surface area contributed by atoms with Crippen molar-refractivity contribution in [3.8, 4) is 0 Å². The highest BCUT2D eigenvalue weighted by Gasteiger charge is 2.22. The lowest BCUT2D eigenvalue weighted by atomic mass is 10.1. The highest BCUT2D eigenvalue weighted by atomic mass is 35.5. The molecule has 5 nitrogen and oxygen atoms in total. The molecule has 102 valence electrons. The first-order valence-corrected chi connectivity index (χ1v) is 6.00. The van der Waals surface area contributed by atoms with Crippen molar-refractivity contribution in [1.82, 2.24) is 14.8 Å². The third kappa shape index (κ3) is 2.91. The summed E-state index contributed by atoms with van der Waals surface area (Å²) >= 11 is 6.00. The summed E-state index contributed by atoms with van der Waals surface area (Å²) in [6.07, 6.45) is 2.66. The molecule has 0 aliphatic carbocycles. The van der Waals surface area contributed by atoms with Gasteiger partial charge in [0.15, 0.2) is 0 Å². The maximum atomic E-state index is 13.6. The fourth-order valence-electron chi connectivity index (χ4n) is 1.75. The molecule has 1 N–H and O–H groups in total. The van der Waals surface area contributed by atoms with E-state index < -0.39 is 11.9 Å². The zero-order valence-corrected chi connectivity index (χ0v) is 11.0. The van der Waals surface area contributed by atoms with Crippen LogP contribution in [-0.2, 0) is 11.3 Å². The molecule has 2 aromatic heterocycles. The highest BCUT2D eigenvalue weighted by Crippen LogP contribution is 2.29. The molecule has 0 saturated carbocycles. The van der Waals surface area contributed by atoms with Gasteiger partial charge in [-0.3, -0.25) is 9.67 Å². The number of pyridine rings is 1. The number of aromatic nitrogens is 3. The number of rotatable bonds is 5. The maximum Gasteiger partial charge on any atom is 0.147 e. The van der Waals surface area contributed by atoms with Gasteiger partial charge in [0.1, 0.15) is 11.9 Å². The standard InChI is InChI=1S/C12H13ClFN3O2/c1-19-5-4-17-11(9(13)6-16-17)12(18)8-2-3-15-7-10(8)14/h2-3,6-7,12,18H,4-5H2,1H3. The zero-order valence-electron chi connectivity index (χ0n) is 10.3. The molecule has 0 radical (unpaired) electrons. The van der Waals surface area contributed by atoms with E-state index in [0.717, 1.165) is 6.20 Å². The molecule has 0 bridgehead atoms. The Morgan fingerprint density at radius 2 is 2.32 bits per heavy atom. The van der Waals surface area contributed by atoms with Crippen molar-refractivity contribution in [2.24, 2.45) is 0 Å². The van der Waals surface area contributed by atoms with Gasteiger partial charge in [-0.1, -0.05) is 11.6 Å². The SMILES string of the molecule is COCCn1ncc(Cl)c1C(O)c1ccncc1F. The van der Waals surface area contributed by atoms with Crippen LogP contribution in [-0.4, -0.2) is 33.6 Å². The lowest BCUT2D eigenvalue weighted by Gasteiger charge is -2.14. The van der Waals surface area contributed by atoms with Gasteiger partial charge in [0.2, 0.25) is 0 Å². The fraction of sp³-hybridized carbons (Fsp3) is 0.333. The maximum absolute atomic E-state index is 13.6. The van der Waals surface area contributed by atoms with E-state index in [-0.39, 0.29) is 10.6 Å². The van der Waals surface area contributed by atoms with Crippen molar-refractivity contribution in [1.29, 1.82) is 0 Å². The minimum atomic E-state index is -1.20. The normalized spacial score (nSPS) is 12.6. The van der Waals surface area contributed by atoms with Crippen LogP contribution < -0.4 is 0 Å². The average molecular weight is 286 g/mol. The van der Waals surface area contributed by atoms with Gasteiger partial charge in [-0.15, -0.1) is 0 Å². The lowest BCUT2D eigenvalue weighted by Crippen LogP contribution is -2.14. The monoisotopic (exact) mass is 285 g/mol. The van der Waals surface area contributed by atoms with E-state index in [1.807, 2.05) is 0 Å². The lowest BCUT2D eigenvalue weighted by molar-refractivity contribution is 0.170. The van der Waals surface area contributed by atoms with Crippen LogP contribution in [0.3, 0.4) is 0 Å². The Balaban J connectivity index is 2.35. The van der Waals surface area contributed by atoms with E-state index >= 15 is 0 Å². The van der Waals surface area contributed by atoms with Crippen molar-refractivity contribution in [2.45, 2.75) is 12.6 Å². The quantitative estimate of drug-likeness (QED) is 0.910. The second-order valence-corrected chi connectivity index (χ2v) is 4.30. The Bertz CT molecular complexity index is 562. The van der Waals surface area contributed by atoms with Crippen molar-refractivity contribution in [2.75, 3.05) is 13.7 Å². The van der Waals surface area contributed by atoms with E-state index in [4.69, 9.17) is 16.3 Å². The summed E-state index contributed by atoms with van der Waals surface area (Å²) in [6, 6.07) is 1.41. The molecule has 0 saturated heterocycles. The summed E-state index contributed by atoms with van der Waals surface area (Å²) in [4.78, 5) is 3.64. The summed E-state index contributed by atoms with van der Waals surface area (Å²) in [7, 11) is 1.56. The molecule has 0 spiro atoms. The molecule has 1 unspecified atom stereocenters. The fourth-order valence-corrected chi connectivity index (χ4v) is 2.00. The van der Waals surface area contributed by atoms with Crippen LogP contribution in [0.5, 0.6) is 0 Å². The van der Waals surface area contributed by atoms with Gasteiger partial charge < -0.3 is 9.84 Å². The molecule has 2 heterocycles. The average Bonchev–Trinajstić information content (AvgIpc) is 2.77. The number of methoxy groups -OCH3 is 1. The Hall–Kier alpha value is -1.50. The Morgan fingerprint density at radius 3 is 3.00 bits per heavy atom. The van der Waals surface area contributed by atoms with Crippen LogP contribution >= 0.6 is 11.6 Å². The summed E-state index contributed by atoms with van der Waals surface area (Å²) in [5, 5.41) is 14.6. The highest BCUT2D eigenvalue weighted by molar-refractivity contribution is 6.31. The summed E-state index contributed by atoms with van der Waals surface area (Å²) in [5.41, 5.74) is 0.444. The largest absolute Gasteiger partial charge is 0.383 e. The van der Waals surface area contributed by atoms with Crippen LogP contribution in [0, 0.1) is 5.82 Å². The molecule has 0 fully saturated rings. The van der Waals surface area contributed by atoms with Gasteiger partial charge in [0.05, 0.1) is 36.3 Å². The third-order valence-electron chi connectivity index (χ3n) is 2.70. The summed E-state index contributed by atoms with van der Waals surface area (Å²) < 4.78 is 20.1. The van der Waals surface area contributed by atoms with Crippen LogP contribution in [0.2, 0.25) is 5.02 Å². The first kappa shape index (κ1) is 13.9. The summed E-state index contributed by atoms with van der Waals surface area (Å²) in [6.45, 7) is 0.832. The molecule has 1 atom stereocenters. The first-order chi connectivity index (χ1) is 9.15. The predicted octanol–water partition coefficient (Wildman–Crippen LogP) is 1.80. The van der Waals surface area contributed by atoms with E-state index in [2.05, 4.69) is 10.1 Å². The third-order valence-corrected chi connectivity index (χ3v) is 2.99. The van der Waals surface area contributed by atoms with Crippen molar-refractivity contribution in [3.05, 3.63) is 46.8 Å². The van der Waals surface area contributed by atoms with Crippen molar-refractivity contribution in [3.63, 3.8) is 0 Å². The molecule has 2 aromatic rings. The number of nitrogens with zero attached hydrogens (tertiary/aromatic N) is 3. The molecule has 7 heteroatoms. The van der Waals surface area contributed by atoms with Gasteiger partial charge in [-0.05, 0) is 6.07 Å². The van der Waals surface area contributed by atoms with E-state index in [0.29, 0.717) is 18.8 Å². The summed E-state index contributed by atoms with van der Waals surface area (Å²) in [5.74, 6) is -0.592. The minimum Gasteiger partial charge on any atom is -0.383 e. The van der Waals surface area contributed by atoms with Crippen molar-refractivity contribution >= 4 is 11.6 Å². The molecule has 0 aromatic carbocycles. The predicted molar refractivity (Wildman–Crippen MR) is 67.4 cm³/mol. The molecule has 19 heavy (non-hydrogen) atoms. The molecule has 0 amide bonds. The van der Waals surface area contributed by atoms with E-state index in [1.54, 1.807) is 7.11 Å². The van der Waals surface area contributed by atoms with Gasteiger partial charge in [0, 0.05) is 18.9 Å². The van der Waals surface area contributed by atoms with Crippen LogP contribution in [0.4, 0.5) is 4.39 Å². The Kier molecular flexibility index (Phi) is 4.47. The minimum absolute atomic E-state index is 0.107. The van der Waals surface area contributed by atoms with Gasteiger partial charge in [-0.25, -0.2) is 4.39 Å². The van der Waals surface area contributed by atoms with Gasteiger partial charge in [0.25, 0.3) is 0 Å².